The van der Waals surface area contributed by atoms with E-state index >= 15 is 0 Å². The maximum Gasteiger partial charge on any atom is 0.214 e. The SMILES string of the molecule is CCCS(=O)(=O)N1CCNCC1c1cccc(Cl)c1.Cl. The second-order valence-corrected chi connectivity index (χ2v) is 7.18. The molecule has 1 N–H and O–H groups in total. The van der Waals surface area contributed by atoms with Crippen LogP contribution in [0.1, 0.15) is 24.9 Å². The summed E-state index contributed by atoms with van der Waals surface area (Å²) >= 11 is 6.00. The lowest BCUT2D eigenvalue weighted by Crippen LogP contribution is -2.49. The highest BCUT2D eigenvalue weighted by Crippen LogP contribution is 2.27. The first-order chi connectivity index (χ1) is 9.04. The van der Waals surface area contributed by atoms with Crippen LogP contribution in [0.5, 0.6) is 0 Å². The van der Waals surface area contributed by atoms with Crippen molar-refractivity contribution in [2.75, 3.05) is 25.4 Å². The molecule has 0 radical (unpaired) electrons. The van der Waals surface area contributed by atoms with E-state index in [-0.39, 0.29) is 24.2 Å². The fourth-order valence-corrected chi connectivity index (χ4v) is 4.29. The third-order valence-electron chi connectivity index (χ3n) is 3.25. The van der Waals surface area contributed by atoms with Gasteiger partial charge >= 0.3 is 0 Å². The largest absolute Gasteiger partial charge is 0.313 e. The van der Waals surface area contributed by atoms with Gasteiger partial charge in [0.05, 0.1) is 11.8 Å². The fraction of sp³-hybridized carbons (Fsp3) is 0.538. The summed E-state index contributed by atoms with van der Waals surface area (Å²) in [6.07, 6.45) is 0.633. The molecule has 0 aromatic heterocycles. The standard InChI is InChI=1S/C13H19ClN2O2S.ClH/c1-2-8-19(17,18)16-7-6-15-10-13(16)11-4-3-5-12(14)9-11;/h3-5,9,13,15H,2,6-8,10H2,1H3;1H. The van der Waals surface area contributed by atoms with Crippen LogP contribution >= 0.6 is 24.0 Å². The average molecular weight is 339 g/mol. The van der Waals surface area contributed by atoms with Gasteiger partial charge in [-0.15, -0.1) is 12.4 Å². The molecule has 2 rings (SSSR count). The highest BCUT2D eigenvalue weighted by molar-refractivity contribution is 7.89. The second kappa shape index (κ2) is 7.61. The van der Waals surface area contributed by atoms with Gasteiger partial charge in [-0.1, -0.05) is 30.7 Å². The summed E-state index contributed by atoms with van der Waals surface area (Å²) < 4.78 is 26.2. The molecule has 1 heterocycles. The number of benzene rings is 1. The summed E-state index contributed by atoms with van der Waals surface area (Å²) in [5.41, 5.74) is 0.944. The third kappa shape index (κ3) is 4.09. The molecule has 1 unspecified atom stereocenters. The quantitative estimate of drug-likeness (QED) is 0.917. The molecule has 1 fully saturated rings. The maximum atomic E-state index is 12.3. The highest BCUT2D eigenvalue weighted by Gasteiger charge is 2.32. The predicted octanol–water partition coefficient (Wildman–Crippen LogP) is 2.45. The Morgan fingerprint density at radius 2 is 2.20 bits per heavy atom. The average Bonchev–Trinajstić information content (AvgIpc) is 2.39. The van der Waals surface area contributed by atoms with E-state index in [0.29, 0.717) is 31.1 Å². The molecule has 0 aliphatic carbocycles. The van der Waals surface area contributed by atoms with Gasteiger partial charge in [0.15, 0.2) is 0 Å². The van der Waals surface area contributed by atoms with Crippen LogP contribution in [0, 0.1) is 0 Å². The number of hydrogen-bond acceptors (Lipinski definition) is 3. The van der Waals surface area contributed by atoms with Gasteiger partial charge in [-0.25, -0.2) is 8.42 Å². The molecule has 1 saturated heterocycles. The summed E-state index contributed by atoms with van der Waals surface area (Å²) in [4.78, 5) is 0. The van der Waals surface area contributed by atoms with E-state index in [2.05, 4.69) is 5.32 Å². The molecule has 1 aliphatic heterocycles. The number of nitrogens with zero attached hydrogens (tertiary/aromatic N) is 1. The van der Waals surface area contributed by atoms with Crippen molar-refractivity contribution in [3.05, 3.63) is 34.9 Å². The van der Waals surface area contributed by atoms with Gasteiger partial charge in [0, 0.05) is 24.7 Å². The molecule has 0 bridgehead atoms. The molecule has 1 atom stereocenters. The van der Waals surface area contributed by atoms with Crippen molar-refractivity contribution in [1.29, 1.82) is 0 Å². The van der Waals surface area contributed by atoms with Crippen molar-refractivity contribution in [2.45, 2.75) is 19.4 Å². The number of nitrogens with one attached hydrogen (secondary N) is 1. The minimum absolute atomic E-state index is 0. The summed E-state index contributed by atoms with van der Waals surface area (Å²) in [6.45, 7) is 3.72. The van der Waals surface area contributed by atoms with E-state index in [1.165, 1.54) is 0 Å². The Labute approximate surface area is 132 Å². The molecule has 114 valence electrons. The van der Waals surface area contributed by atoms with Crippen LogP contribution in [0.2, 0.25) is 5.02 Å². The third-order valence-corrected chi connectivity index (χ3v) is 5.56. The zero-order valence-corrected chi connectivity index (χ0v) is 13.8. The first-order valence-corrected chi connectivity index (χ1v) is 8.49. The van der Waals surface area contributed by atoms with E-state index in [1.807, 2.05) is 25.1 Å². The van der Waals surface area contributed by atoms with Crippen LogP contribution in [-0.2, 0) is 10.0 Å². The van der Waals surface area contributed by atoms with E-state index < -0.39 is 10.0 Å². The molecule has 0 spiro atoms. The van der Waals surface area contributed by atoms with Crippen LogP contribution in [-0.4, -0.2) is 38.1 Å². The minimum atomic E-state index is -3.19. The van der Waals surface area contributed by atoms with Crippen molar-refractivity contribution in [3.8, 4) is 0 Å². The minimum Gasteiger partial charge on any atom is -0.313 e. The Bertz CT molecular complexity index is 537. The number of hydrogen-bond donors (Lipinski definition) is 1. The number of halogens is 2. The molecule has 4 nitrogen and oxygen atoms in total. The van der Waals surface area contributed by atoms with Crippen LogP contribution in [0.15, 0.2) is 24.3 Å². The first kappa shape index (κ1) is 17.7. The van der Waals surface area contributed by atoms with Gasteiger partial charge in [-0.3, -0.25) is 0 Å². The van der Waals surface area contributed by atoms with Crippen molar-refractivity contribution in [3.63, 3.8) is 0 Å². The topological polar surface area (TPSA) is 49.4 Å². The van der Waals surface area contributed by atoms with Gasteiger partial charge in [-0.05, 0) is 24.1 Å². The molecular formula is C13H20Cl2N2O2S. The lowest BCUT2D eigenvalue weighted by molar-refractivity contribution is 0.271. The zero-order valence-electron chi connectivity index (χ0n) is 11.4. The van der Waals surface area contributed by atoms with E-state index in [4.69, 9.17) is 11.6 Å². The molecular weight excluding hydrogens is 319 g/mol. The highest BCUT2D eigenvalue weighted by atomic mass is 35.5. The van der Waals surface area contributed by atoms with E-state index in [0.717, 1.165) is 5.56 Å². The Morgan fingerprint density at radius 3 is 2.85 bits per heavy atom. The zero-order chi connectivity index (χ0) is 13.9. The summed E-state index contributed by atoms with van der Waals surface area (Å²) in [6, 6.07) is 7.26. The predicted molar refractivity (Wildman–Crippen MR) is 85.1 cm³/mol. The van der Waals surface area contributed by atoms with Crippen LogP contribution in [0.3, 0.4) is 0 Å². The van der Waals surface area contributed by atoms with Gasteiger partial charge in [0.25, 0.3) is 0 Å². The van der Waals surface area contributed by atoms with E-state index in [1.54, 1.807) is 10.4 Å². The number of sulfonamides is 1. The second-order valence-electron chi connectivity index (χ2n) is 4.70. The van der Waals surface area contributed by atoms with Crippen molar-refractivity contribution >= 4 is 34.0 Å². The smallest absolute Gasteiger partial charge is 0.214 e. The van der Waals surface area contributed by atoms with Crippen LogP contribution in [0.25, 0.3) is 0 Å². The van der Waals surface area contributed by atoms with E-state index in [9.17, 15) is 8.42 Å². The molecule has 7 heteroatoms. The normalized spacial score (nSPS) is 20.4. The Balaban J connectivity index is 0.00000200. The summed E-state index contributed by atoms with van der Waals surface area (Å²) in [5.74, 6) is 0.198. The maximum absolute atomic E-state index is 12.3. The van der Waals surface area contributed by atoms with Crippen molar-refractivity contribution in [2.24, 2.45) is 0 Å². The Morgan fingerprint density at radius 1 is 1.45 bits per heavy atom. The summed E-state index contributed by atoms with van der Waals surface area (Å²) in [7, 11) is -3.19. The van der Waals surface area contributed by atoms with Gasteiger partial charge in [0.2, 0.25) is 10.0 Å². The van der Waals surface area contributed by atoms with Gasteiger partial charge in [-0.2, -0.15) is 4.31 Å². The molecule has 1 aliphatic rings. The lowest BCUT2D eigenvalue weighted by atomic mass is 10.1. The lowest BCUT2D eigenvalue weighted by Gasteiger charge is -2.35. The summed E-state index contributed by atoms with van der Waals surface area (Å²) in [5, 5.41) is 3.88. The van der Waals surface area contributed by atoms with Crippen molar-refractivity contribution in [1.82, 2.24) is 9.62 Å². The van der Waals surface area contributed by atoms with Crippen LogP contribution < -0.4 is 5.32 Å². The number of piperazine rings is 1. The van der Waals surface area contributed by atoms with Gasteiger partial charge in [0.1, 0.15) is 0 Å². The Kier molecular flexibility index (Phi) is 6.75. The molecule has 20 heavy (non-hydrogen) atoms. The molecule has 1 aromatic carbocycles. The fourth-order valence-electron chi connectivity index (χ4n) is 2.39. The van der Waals surface area contributed by atoms with Gasteiger partial charge < -0.3 is 5.32 Å². The molecule has 0 saturated carbocycles. The Hall–Kier alpha value is -0.330. The van der Waals surface area contributed by atoms with Crippen LogP contribution in [0.4, 0.5) is 0 Å². The monoisotopic (exact) mass is 338 g/mol. The molecule has 1 aromatic rings. The number of rotatable bonds is 4. The molecule has 0 amide bonds. The first-order valence-electron chi connectivity index (χ1n) is 6.50. The van der Waals surface area contributed by atoms with Crippen molar-refractivity contribution < 1.29 is 8.42 Å².